The maximum atomic E-state index is 9.93. The minimum Gasteiger partial charge on any atom is -0.391 e. The molecule has 4 N–H and O–H groups in total. The normalized spacial score (nSPS) is 16.5. The zero-order valence-electron chi connectivity index (χ0n) is 15.6. The van der Waals surface area contributed by atoms with Gasteiger partial charge in [0.15, 0.2) is 17.5 Å². The van der Waals surface area contributed by atoms with Crippen molar-refractivity contribution in [1.29, 1.82) is 0 Å². The number of nitrogens with one attached hydrogen (secondary N) is 1. The van der Waals surface area contributed by atoms with Crippen LogP contribution in [0.4, 0.5) is 17.3 Å². The first-order valence-corrected chi connectivity index (χ1v) is 9.20. The van der Waals surface area contributed by atoms with Crippen LogP contribution in [0, 0.1) is 0 Å². The van der Waals surface area contributed by atoms with E-state index in [9.17, 15) is 5.11 Å². The van der Waals surface area contributed by atoms with Crippen molar-refractivity contribution in [2.75, 3.05) is 35.4 Å². The first-order chi connectivity index (χ1) is 12.9. The van der Waals surface area contributed by atoms with Gasteiger partial charge in [0.1, 0.15) is 5.69 Å². The molecule has 2 aromatic rings. The number of nitrogens with two attached hydrogens (primary N) is 1. The van der Waals surface area contributed by atoms with E-state index in [0.717, 1.165) is 11.1 Å². The second-order valence-electron chi connectivity index (χ2n) is 6.83. The lowest BCUT2D eigenvalue weighted by molar-refractivity contribution is 0.198. The molecule has 0 unspecified atom stereocenters. The molecule has 144 valence electrons. The Hall–Kier alpha value is -2.35. The van der Waals surface area contributed by atoms with Crippen LogP contribution in [-0.4, -0.2) is 41.3 Å². The van der Waals surface area contributed by atoms with Crippen LogP contribution in [0.5, 0.6) is 0 Å². The summed E-state index contributed by atoms with van der Waals surface area (Å²) in [5, 5.41) is 10.6. The minimum atomic E-state index is -0.372. The largest absolute Gasteiger partial charge is 0.391 e. The molecule has 27 heavy (non-hydrogen) atoms. The number of nitrogens with zero attached hydrogens (tertiary/aromatic N) is 4. The Kier molecular flexibility index (Phi) is 5.84. The highest BCUT2D eigenvalue weighted by atomic mass is 35.5. The third kappa shape index (κ3) is 4.16. The molecule has 7 nitrogen and oxygen atoms in total. The number of benzene rings is 1. The second-order valence-corrected chi connectivity index (χ2v) is 7.24. The van der Waals surface area contributed by atoms with E-state index in [1.54, 1.807) is 0 Å². The Morgan fingerprint density at radius 3 is 2.78 bits per heavy atom. The molecule has 0 bridgehead atoms. The van der Waals surface area contributed by atoms with Crippen LogP contribution in [0.25, 0.3) is 5.57 Å². The molecule has 0 amide bonds. The van der Waals surface area contributed by atoms with Gasteiger partial charge in [0.2, 0.25) is 0 Å². The number of aromatic nitrogens is 2. The fourth-order valence-electron chi connectivity index (χ4n) is 3.15. The van der Waals surface area contributed by atoms with Gasteiger partial charge >= 0.3 is 0 Å². The molecular weight excluding hydrogens is 364 g/mol. The van der Waals surface area contributed by atoms with Gasteiger partial charge in [-0.1, -0.05) is 36.4 Å². The third-order valence-electron chi connectivity index (χ3n) is 4.59. The van der Waals surface area contributed by atoms with E-state index in [-0.39, 0.29) is 6.10 Å². The van der Waals surface area contributed by atoms with Crippen LogP contribution in [0.15, 0.2) is 30.8 Å². The first-order valence-electron chi connectivity index (χ1n) is 8.82. The average molecular weight is 389 g/mol. The number of hydrogen-bond donors (Lipinski definition) is 3. The van der Waals surface area contributed by atoms with E-state index < -0.39 is 0 Å². The lowest BCUT2D eigenvalue weighted by atomic mass is 10.2. The molecule has 1 aliphatic rings. The van der Waals surface area contributed by atoms with Crippen LogP contribution in [0.3, 0.4) is 0 Å². The van der Waals surface area contributed by atoms with E-state index in [1.165, 1.54) is 0 Å². The highest BCUT2D eigenvalue weighted by Crippen LogP contribution is 2.35. The minimum absolute atomic E-state index is 0.372. The SMILES string of the molecule is C=C(C)c1nc(N(C)Cc2ccccc2Cl)c(NN)c(N2CC[C@H](O)C2)n1. The summed E-state index contributed by atoms with van der Waals surface area (Å²) in [5.74, 6) is 7.72. The molecule has 3 rings (SSSR count). The number of aliphatic hydroxyl groups is 1. The number of halogens is 1. The summed E-state index contributed by atoms with van der Waals surface area (Å²) in [6, 6.07) is 7.70. The van der Waals surface area contributed by atoms with Crippen molar-refractivity contribution in [3.05, 3.63) is 47.3 Å². The Bertz CT molecular complexity index is 843. The van der Waals surface area contributed by atoms with Gasteiger partial charge in [-0.15, -0.1) is 0 Å². The van der Waals surface area contributed by atoms with Gasteiger partial charge in [0, 0.05) is 31.7 Å². The first kappa shape index (κ1) is 19.4. The molecule has 1 aliphatic heterocycles. The summed E-state index contributed by atoms with van der Waals surface area (Å²) < 4.78 is 0. The van der Waals surface area contributed by atoms with Gasteiger partial charge in [-0.2, -0.15) is 0 Å². The fourth-order valence-corrected chi connectivity index (χ4v) is 3.35. The van der Waals surface area contributed by atoms with Gasteiger partial charge in [-0.3, -0.25) is 5.84 Å². The van der Waals surface area contributed by atoms with Gasteiger partial charge in [-0.05, 0) is 30.5 Å². The van der Waals surface area contributed by atoms with Crippen LogP contribution in [-0.2, 0) is 6.54 Å². The summed E-state index contributed by atoms with van der Waals surface area (Å²) in [6.45, 7) is 7.62. The molecule has 0 saturated carbocycles. The predicted octanol–water partition coefficient (Wildman–Crippen LogP) is 2.66. The number of rotatable bonds is 6. The Morgan fingerprint density at radius 1 is 1.44 bits per heavy atom. The number of aliphatic hydroxyl groups excluding tert-OH is 1. The average Bonchev–Trinajstić information content (AvgIpc) is 3.08. The maximum absolute atomic E-state index is 9.93. The molecular formula is C19H25ClN6O. The smallest absolute Gasteiger partial charge is 0.159 e. The highest BCUT2D eigenvalue weighted by Gasteiger charge is 2.27. The molecule has 0 spiro atoms. The molecule has 1 aromatic heterocycles. The lowest BCUT2D eigenvalue weighted by Gasteiger charge is -2.27. The van der Waals surface area contributed by atoms with Crippen molar-refractivity contribution in [2.45, 2.75) is 26.0 Å². The van der Waals surface area contributed by atoms with Crippen molar-refractivity contribution >= 4 is 34.5 Å². The maximum Gasteiger partial charge on any atom is 0.159 e. The molecule has 0 radical (unpaired) electrons. The Balaban J connectivity index is 2.03. The fraction of sp³-hybridized carbons (Fsp3) is 0.368. The van der Waals surface area contributed by atoms with Crippen molar-refractivity contribution in [3.8, 4) is 0 Å². The Morgan fingerprint density at radius 2 is 2.19 bits per heavy atom. The van der Waals surface area contributed by atoms with Crippen LogP contribution >= 0.6 is 11.6 Å². The summed E-state index contributed by atoms with van der Waals surface area (Å²) in [5.41, 5.74) is 5.11. The van der Waals surface area contributed by atoms with Crippen LogP contribution < -0.4 is 21.1 Å². The van der Waals surface area contributed by atoms with Gasteiger partial charge in [0.25, 0.3) is 0 Å². The van der Waals surface area contributed by atoms with Gasteiger partial charge < -0.3 is 20.3 Å². The van der Waals surface area contributed by atoms with E-state index >= 15 is 0 Å². The molecule has 2 heterocycles. The second kappa shape index (κ2) is 8.12. The van der Waals surface area contributed by atoms with E-state index in [4.69, 9.17) is 17.4 Å². The van der Waals surface area contributed by atoms with Crippen molar-refractivity contribution in [3.63, 3.8) is 0 Å². The summed E-state index contributed by atoms with van der Waals surface area (Å²) in [7, 11) is 1.93. The quantitative estimate of drug-likeness (QED) is 0.517. The van der Waals surface area contributed by atoms with Crippen LogP contribution in [0.2, 0.25) is 5.02 Å². The van der Waals surface area contributed by atoms with Crippen molar-refractivity contribution < 1.29 is 5.11 Å². The van der Waals surface area contributed by atoms with Gasteiger partial charge in [0.05, 0.1) is 6.10 Å². The number of hydrazine groups is 1. The van der Waals surface area contributed by atoms with E-state index in [1.807, 2.05) is 48.0 Å². The molecule has 1 atom stereocenters. The topological polar surface area (TPSA) is 90.5 Å². The van der Waals surface area contributed by atoms with Crippen molar-refractivity contribution in [2.24, 2.45) is 5.84 Å². The molecule has 0 aliphatic carbocycles. The van der Waals surface area contributed by atoms with E-state index in [2.05, 4.69) is 22.0 Å². The molecule has 1 aromatic carbocycles. The zero-order chi connectivity index (χ0) is 19.6. The summed E-state index contributed by atoms with van der Waals surface area (Å²) in [4.78, 5) is 13.3. The zero-order valence-corrected chi connectivity index (χ0v) is 16.4. The number of allylic oxidation sites excluding steroid dienone is 1. The molecule has 1 saturated heterocycles. The molecule has 8 heteroatoms. The lowest BCUT2D eigenvalue weighted by Crippen LogP contribution is -2.28. The number of anilines is 3. The summed E-state index contributed by atoms with van der Waals surface area (Å²) >= 11 is 6.31. The monoisotopic (exact) mass is 388 g/mol. The molecule has 1 fully saturated rings. The van der Waals surface area contributed by atoms with Crippen LogP contribution in [0.1, 0.15) is 24.7 Å². The van der Waals surface area contributed by atoms with E-state index in [0.29, 0.717) is 54.2 Å². The number of β-amino-alcohol motifs (C(OH)–C–C–N with tert-alkyl or cyclic N) is 1. The van der Waals surface area contributed by atoms with Crippen molar-refractivity contribution in [1.82, 2.24) is 9.97 Å². The predicted molar refractivity (Wildman–Crippen MR) is 111 cm³/mol. The number of nitrogen functional groups attached to an aromatic ring is 1. The highest BCUT2D eigenvalue weighted by molar-refractivity contribution is 6.31. The summed E-state index contributed by atoms with van der Waals surface area (Å²) in [6.07, 6.45) is 0.324. The van der Waals surface area contributed by atoms with Gasteiger partial charge in [-0.25, -0.2) is 9.97 Å². The number of hydrogen-bond acceptors (Lipinski definition) is 7. The standard InChI is InChI=1S/C19H25ClN6O/c1-12(2)17-22-18(25(3)10-13-6-4-5-7-15(13)20)16(24-21)19(23-17)26-9-8-14(27)11-26/h4-7,14,24,27H,1,8-11,21H2,2-3H3/t14-/m0/s1. The Labute approximate surface area is 164 Å². The third-order valence-corrected chi connectivity index (χ3v) is 4.96.